The highest BCUT2D eigenvalue weighted by atomic mass is 16.5. The first kappa shape index (κ1) is 22.1. The monoisotopic (exact) mass is 304 g/mol. The van der Waals surface area contributed by atoms with E-state index in [0.29, 0.717) is 6.54 Å². The number of hydrogen-bond acceptors (Lipinski definition) is 4. The molecule has 0 saturated carbocycles. The van der Waals surface area contributed by atoms with Crippen LogP contribution in [-0.4, -0.2) is 49.8 Å². The van der Waals surface area contributed by atoms with Crippen LogP contribution in [-0.2, 0) is 14.3 Å². The van der Waals surface area contributed by atoms with Gasteiger partial charge in [-0.2, -0.15) is 0 Å². The van der Waals surface area contributed by atoms with E-state index in [-0.39, 0.29) is 25.5 Å². The van der Waals surface area contributed by atoms with E-state index in [9.17, 15) is 14.7 Å². The van der Waals surface area contributed by atoms with Gasteiger partial charge in [0.05, 0.1) is 6.61 Å². The van der Waals surface area contributed by atoms with Gasteiger partial charge < -0.3 is 20.5 Å². The fourth-order valence-electron chi connectivity index (χ4n) is 1.55. The predicted molar refractivity (Wildman–Crippen MR) is 83.9 cm³/mol. The summed E-state index contributed by atoms with van der Waals surface area (Å²) in [6.45, 7) is 10.6. The van der Waals surface area contributed by atoms with E-state index in [1.54, 1.807) is 13.8 Å². The number of carbonyl (C=O) groups is 2. The Balaban J connectivity index is 0. The minimum atomic E-state index is -1.16. The molecule has 0 bridgehead atoms. The lowest BCUT2D eigenvalue weighted by atomic mass is 9.87. The van der Waals surface area contributed by atoms with Crippen molar-refractivity contribution < 1.29 is 19.4 Å². The van der Waals surface area contributed by atoms with E-state index >= 15 is 0 Å². The van der Waals surface area contributed by atoms with Crippen LogP contribution in [0, 0.1) is 5.41 Å². The molecular weight excluding hydrogens is 272 g/mol. The number of nitrogens with one attached hydrogen (secondary N) is 2. The summed E-state index contributed by atoms with van der Waals surface area (Å²) < 4.78 is 4.96. The van der Waals surface area contributed by atoms with Gasteiger partial charge in [-0.15, -0.1) is 0 Å². The molecule has 0 rings (SSSR count). The fourth-order valence-corrected chi connectivity index (χ4v) is 1.55. The molecule has 0 saturated heterocycles. The zero-order chi connectivity index (χ0) is 16.9. The van der Waals surface area contributed by atoms with E-state index in [1.807, 2.05) is 20.8 Å². The Morgan fingerprint density at radius 1 is 1.19 bits per heavy atom. The fraction of sp³-hybridized carbons (Fsp3) is 0.867. The Hall–Kier alpha value is -1.14. The van der Waals surface area contributed by atoms with Crippen molar-refractivity contribution in [3.8, 4) is 0 Å². The summed E-state index contributed by atoms with van der Waals surface area (Å²) in [5.41, 5.74) is -0.663. The standard InChI is InChI=1S/C13H26N2O4.C2H6/c1-5-7-14-10(16)6-8-15-12(18)11(17)13(2,3)9-19-4;1-2/h11,17H,5-9H2,1-4H3,(H,14,16)(H,15,18);1-2H3. The van der Waals surface area contributed by atoms with Crippen molar-refractivity contribution in [2.75, 3.05) is 26.8 Å². The number of hydrogen-bond donors (Lipinski definition) is 3. The van der Waals surface area contributed by atoms with Gasteiger partial charge in [0, 0.05) is 32.0 Å². The highest BCUT2D eigenvalue weighted by molar-refractivity contribution is 5.82. The maximum Gasteiger partial charge on any atom is 0.249 e. The van der Waals surface area contributed by atoms with Crippen LogP contribution in [0.15, 0.2) is 0 Å². The van der Waals surface area contributed by atoms with Crippen LogP contribution < -0.4 is 10.6 Å². The third-order valence-electron chi connectivity index (χ3n) is 2.73. The largest absolute Gasteiger partial charge is 0.384 e. The molecule has 0 aromatic rings. The summed E-state index contributed by atoms with van der Waals surface area (Å²) in [5.74, 6) is -0.585. The van der Waals surface area contributed by atoms with E-state index in [4.69, 9.17) is 4.74 Å². The Bertz CT molecular complexity index is 293. The van der Waals surface area contributed by atoms with E-state index < -0.39 is 17.4 Å². The summed E-state index contributed by atoms with van der Waals surface area (Å²) in [6.07, 6.45) is -0.0725. The van der Waals surface area contributed by atoms with Crippen molar-refractivity contribution in [3.63, 3.8) is 0 Å². The van der Waals surface area contributed by atoms with Crippen LogP contribution in [0.3, 0.4) is 0 Å². The zero-order valence-electron chi connectivity index (χ0n) is 14.3. The Morgan fingerprint density at radius 2 is 1.76 bits per heavy atom. The van der Waals surface area contributed by atoms with E-state index in [1.165, 1.54) is 7.11 Å². The van der Waals surface area contributed by atoms with Crippen molar-refractivity contribution in [2.45, 2.75) is 53.6 Å². The van der Waals surface area contributed by atoms with Crippen LogP contribution >= 0.6 is 0 Å². The highest BCUT2D eigenvalue weighted by Gasteiger charge is 2.33. The predicted octanol–water partition coefficient (Wildman–Crippen LogP) is 1.08. The molecule has 0 radical (unpaired) electrons. The lowest BCUT2D eigenvalue weighted by Gasteiger charge is -2.28. The number of carbonyl (C=O) groups excluding carboxylic acids is 2. The summed E-state index contributed by atoms with van der Waals surface area (Å²) in [5, 5.41) is 15.2. The van der Waals surface area contributed by atoms with Gasteiger partial charge in [0.2, 0.25) is 11.8 Å². The lowest BCUT2D eigenvalue weighted by molar-refractivity contribution is -0.137. The average molecular weight is 304 g/mol. The first-order valence-electron chi connectivity index (χ1n) is 7.56. The van der Waals surface area contributed by atoms with Crippen molar-refractivity contribution in [3.05, 3.63) is 0 Å². The number of aliphatic hydroxyl groups excluding tert-OH is 1. The van der Waals surface area contributed by atoms with Gasteiger partial charge in [-0.3, -0.25) is 9.59 Å². The molecule has 0 spiro atoms. The minimum Gasteiger partial charge on any atom is -0.384 e. The number of methoxy groups -OCH3 is 1. The topological polar surface area (TPSA) is 87.7 Å². The molecule has 0 fully saturated rings. The second-order valence-electron chi connectivity index (χ2n) is 5.22. The minimum absolute atomic E-state index is 0.104. The third-order valence-corrected chi connectivity index (χ3v) is 2.73. The highest BCUT2D eigenvalue weighted by Crippen LogP contribution is 2.20. The van der Waals surface area contributed by atoms with Crippen molar-refractivity contribution in [2.24, 2.45) is 5.41 Å². The molecule has 3 N–H and O–H groups in total. The van der Waals surface area contributed by atoms with Gasteiger partial charge in [-0.1, -0.05) is 34.6 Å². The van der Waals surface area contributed by atoms with Gasteiger partial charge in [-0.05, 0) is 6.42 Å². The molecule has 0 heterocycles. The van der Waals surface area contributed by atoms with Crippen LogP contribution in [0.4, 0.5) is 0 Å². The van der Waals surface area contributed by atoms with E-state index in [2.05, 4.69) is 10.6 Å². The van der Waals surface area contributed by atoms with Crippen LogP contribution in [0.2, 0.25) is 0 Å². The Kier molecular flexibility index (Phi) is 13.3. The molecule has 1 atom stereocenters. The summed E-state index contributed by atoms with van der Waals surface area (Å²) in [4.78, 5) is 23.0. The molecule has 0 aliphatic rings. The third kappa shape index (κ3) is 10.3. The molecule has 21 heavy (non-hydrogen) atoms. The van der Waals surface area contributed by atoms with Crippen molar-refractivity contribution in [1.82, 2.24) is 10.6 Å². The van der Waals surface area contributed by atoms with Gasteiger partial charge in [0.1, 0.15) is 6.10 Å². The molecule has 0 aliphatic carbocycles. The SMILES string of the molecule is CC.CCCNC(=O)CCNC(=O)C(O)C(C)(C)COC. The number of amides is 2. The van der Waals surface area contributed by atoms with Gasteiger partial charge in [0.25, 0.3) is 0 Å². The van der Waals surface area contributed by atoms with Crippen molar-refractivity contribution in [1.29, 1.82) is 0 Å². The van der Waals surface area contributed by atoms with Gasteiger partial charge in [-0.25, -0.2) is 0 Å². The smallest absolute Gasteiger partial charge is 0.249 e. The molecule has 0 aliphatic heterocycles. The normalized spacial score (nSPS) is 12.0. The molecule has 1 unspecified atom stereocenters. The molecule has 6 nitrogen and oxygen atoms in total. The van der Waals surface area contributed by atoms with Crippen LogP contribution in [0.25, 0.3) is 0 Å². The quantitative estimate of drug-likeness (QED) is 0.595. The number of ether oxygens (including phenoxy) is 1. The Morgan fingerprint density at radius 3 is 2.24 bits per heavy atom. The zero-order valence-corrected chi connectivity index (χ0v) is 14.3. The molecule has 6 heteroatoms. The molecule has 0 aromatic heterocycles. The maximum atomic E-state index is 11.7. The first-order valence-corrected chi connectivity index (χ1v) is 7.56. The number of aliphatic hydroxyl groups is 1. The van der Waals surface area contributed by atoms with Gasteiger partial charge >= 0.3 is 0 Å². The molecule has 126 valence electrons. The molecular formula is C15H32N2O4. The first-order chi connectivity index (χ1) is 9.85. The maximum absolute atomic E-state index is 11.7. The summed E-state index contributed by atoms with van der Waals surface area (Å²) in [7, 11) is 1.52. The lowest BCUT2D eigenvalue weighted by Crippen LogP contribution is -2.46. The summed E-state index contributed by atoms with van der Waals surface area (Å²) in [6, 6.07) is 0. The van der Waals surface area contributed by atoms with Gasteiger partial charge in [0.15, 0.2) is 0 Å². The van der Waals surface area contributed by atoms with Crippen LogP contribution in [0.1, 0.15) is 47.5 Å². The second kappa shape index (κ2) is 12.6. The van der Waals surface area contributed by atoms with Crippen molar-refractivity contribution >= 4 is 11.8 Å². The summed E-state index contributed by atoms with van der Waals surface area (Å²) >= 11 is 0. The average Bonchev–Trinajstić information content (AvgIpc) is 2.46. The van der Waals surface area contributed by atoms with Crippen LogP contribution in [0.5, 0.6) is 0 Å². The number of rotatable bonds is 9. The second-order valence-corrected chi connectivity index (χ2v) is 5.22. The Labute approximate surface area is 128 Å². The van der Waals surface area contributed by atoms with E-state index in [0.717, 1.165) is 6.42 Å². The molecule has 0 aromatic carbocycles. The molecule has 2 amide bonds.